The van der Waals surface area contributed by atoms with Crippen molar-refractivity contribution < 1.29 is 18.4 Å². The lowest BCUT2D eigenvalue weighted by Gasteiger charge is -2.48. The fourth-order valence-electron chi connectivity index (χ4n) is 7.20. The molecule has 2 amide bonds. The molecule has 0 bridgehead atoms. The van der Waals surface area contributed by atoms with E-state index in [0.29, 0.717) is 43.3 Å². The Balaban J connectivity index is 1.30. The van der Waals surface area contributed by atoms with Gasteiger partial charge in [0.25, 0.3) is 0 Å². The van der Waals surface area contributed by atoms with Gasteiger partial charge in [0.1, 0.15) is 11.6 Å². The van der Waals surface area contributed by atoms with Crippen molar-refractivity contribution in [3.8, 4) is 0 Å². The number of nitrogens with one attached hydrogen (secondary N) is 2. The fraction of sp³-hybridized carbons (Fsp3) is 0.576. The molecule has 2 aliphatic heterocycles. The largest absolute Gasteiger partial charge is 0.356 e. The second-order valence-corrected chi connectivity index (χ2v) is 13.6. The number of hydrogen-bond acceptors (Lipinski definition) is 3. The van der Waals surface area contributed by atoms with Gasteiger partial charge >= 0.3 is 0 Å². The van der Waals surface area contributed by atoms with Crippen molar-refractivity contribution in [3.63, 3.8) is 0 Å². The van der Waals surface area contributed by atoms with Gasteiger partial charge in [-0.15, -0.1) is 0 Å². The van der Waals surface area contributed by atoms with Crippen molar-refractivity contribution in [1.82, 2.24) is 15.5 Å². The van der Waals surface area contributed by atoms with Crippen LogP contribution in [0.25, 0.3) is 0 Å². The predicted molar refractivity (Wildman–Crippen MR) is 158 cm³/mol. The summed E-state index contributed by atoms with van der Waals surface area (Å²) < 4.78 is 28.7. The van der Waals surface area contributed by atoms with E-state index in [1.807, 2.05) is 37.8 Å². The molecule has 41 heavy (non-hydrogen) atoms. The van der Waals surface area contributed by atoms with E-state index < -0.39 is 28.4 Å². The molecule has 1 aliphatic carbocycles. The minimum absolute atomic E-state index is 0.0391. The van der Waals surface area contributed by atoms with Gasteiger partial charge in [-0.2, -0.15) is 0 Å². The summed E-state index contributed by atoms with van der Waals surface area (Å²) in [5.74, 6) is -0.969. The van der Waals surface area contributed by atoms with Crippen molar-refractivity contribution in [2.24, 2.45) is 16.7 Å². The summed E-state index contributed by atoms with van der Waals surface area (Å²) in [5.41, 5.74) is 1.46. The molecule has 2 N–H and O–H groups in total. The van der Waals surface area contributed by atoms with Gasteiger partial charge in [0, 0.05) is 55.6 Å². The highest BCUT2D eigenvalue weighted by atomic mass is 35.5. The van der Waals surface area contributed by atoms with Gasteiger partial charge in [-0.05, 0) is 78.3 Å². The molecule has 0 unspecified atom stereocenters. The van der Waals surface area contributed by atoms with Crippen LogP contribution in [0.2, 0.25) is 5.02 Å². The van der Waals surface area contributed by atoms with Crippen LogP contribution in [0.15, 0.2) is 36.4 Å². The topological polar surface area (TPSA) is 61.4 Å². The summed E-state index contributed by atoms with van der Waals surface area (Å²) in [6.45, 7) is 8.86. The molecule has 5 rings (SSSR count). The van der Waals surface area contributed by atoms with Crippen molar-refractivity contribution in [2.75, 3.05) is 32.7 Å². The van der Waals surface area contributed by atoms with Crippen LogP contribution in [0.3, 0.4) is 0 Å². The summed E-state index contributed by atoms with van der Waals surface area (Å²) in [6.07, 6.45) is 5.46. The summed E-state index contributed by atoms with van der Waals surface area (Å²) in [6, 6.07) is 9.72. The number of rotatable bonds is 7. The third kappa shape index (κ3) is 5.90. The van der Waals surface area contributed by atoms with Crippen molar-refractivity contribution in [2.45, 2.75) is 71.1 Å². The molecule has 5 nitrogen and oxygen atoms in total. The van der Waals surface area contributed by atoms with E-state index in [1.54, 1.807) is 0 Å². The van der Waals surface area contributed by atoms with Gasteiger partial charge in [0.2, 0.25) is 11.8 Å². The molecule has 2 saturated heterocycles. The van der Waals surface area contributed by atoms with E-state index in [4.69, 9.17) is 11.6 Å². The highest BCUT2D eigenvalue weighted by Crippen LogP contribution is 2.53. The molecule has 2 aromatic rings. The summed E-state index contributed by atoms with van der Waals surface area (Å²) in [5, 5.41) is 7.14. The first kappa shape index (κ1) is 30.0. The zero-order chi connectivity index (χ0) is 29.4. The molecular weight excluding hydrogens is 544 g/mol. The SMILES string of the molecule is CC(C)(C)[C@]1(C(=O)N2CCC(c3ccc(Cl)cc3CCNC(=O)C3CCC3)CC2)CNC[C@H]1c1ccc(F)cc1F. The fourth-order valence-corrected chi connectivity index (χ4v) is 7.40. The normalized spacial score (nSPS) is 23.9. The molecular formula is C33H42ClF2N3O2. The van der Waals surface area contributed by atoms with Gasteiger partial charge in [-0.25, -0.2) is 8.78 Å². The third-order valence-electron chi connectivity index (χ3n) is 9.90. The Kier molecular flexibility index (Phi) is 8.77. The highest BCUT2D eigenvalue weighted by Gasteiger charge is 2.58. The van der Waals surface area contributed by atoms with Crippen LogP contribution < -0.4 is 10.6 Å². The molecule has 0 aromatic heterocycles. The van der Waals surface area contributed by atoms with E-state index in [0.717, 1.165) is 50.2 Å². The van der Waals surface area contributed by atoms with E-state index >= 15 is 4.39 Å². The number of carbonyl (C=O) groups is 2. The molecule has 8 heteroatoms. The lowest BCUT2D eigenvalue weighted by Crippen LogP contribution is -2.56. The minimum atomic E-state index is -0.859. The molecule has 1 saturated carbocycles. The van der Waals surface area contributed by atoms with Crippen molar-refractivity contribution in [1.29, 1.82) is 0 Å². The molecule has 2 heterocycles. The predicted octanol–water partition coefficient (Wildman–Crippen LogP) is 6.20. The number of piperidine rings is 1. The van der Waals surface area contributed by atoms with Crippen LogP contribution >= 0.6 is 11.6 Å². The van der Waals surface area contributed by atoms with E-state index in [9.17, 15) is 14.0 Å². The maximum atomic E-state index is 15.0. The number of amides is 2. The molecule has 3 aliphatic rings. The Labute approximate surface area is 247 Å². The molecule has 222 valence electrons. The smallest absolute Gasteiger partial charge is 0.231 e. The van der Waals surface area contributed by atoms with Crippen LogP contribution in [0.1, 0.15) is 81.4 Å². The molecule has 0 spiro atoms. The van der Waals surface area contributed by atoms with Crippen molar-refractivity contribution >= 4 is 23.4 Å². The van der Waals surface area contributed by atoms with E-state index in [-0.39, 0.29) is 23.7 Å². The zero-order valence-electron chi connectivity index (χ0n) is 24.4. The number of nitrogens with zero attached hydrogens (tertiary/aromatic N) is 1. The number of carbonyl (C=O) groups excluding carboxylic acids is 2. The van der Waals surface area contributed by atoms with Crippen molar-refractivity contribution in [3.05, 3.63) is 69.7 Å². The van der Waals surface area contributed by atoms with E-state index in [1.165, 1.54) is 17.7 Å². The molecule has 3 fully saturated rings. The first-order valence-corrected chi connectivity index (χ1v) is 15.4. The van der Waals surface area contributed by atoms with Gasteiger partial charge < -0.3 is 15.5 Å². The lowest BCUT2D eigenvalue weighted by molar-refractivity contribution is -0.150. The summed E-state index contributed by atoms with van der Waals surface area (Å²) in [4.78, 5) is 28.7. The van der Waals surface area contributed by atoms with Gasteiger partial charge in [-0.1, -0.05) is 50.9 Å². The first-order chi connectivity index (χ1) is 19.5. The highest BCUT2D eigenvalue weighted by molar-refractivity contribution is 6.30. The molecule has 2 aromatic carbocycles. The quantitative estimate of drug-likeness (QED) is 0.407. The Morgan fingerprint density at radius 1 is 1.05 bits per heavy atom. The standard InChI is InChI=1S/C33H42ClF2N3O2/c1-32(2,3)33(20-37-19-28(33)27-10-8-25(35)18-29(27)36)31(41)39-15-12-21(13-16-39)26-9-7-24(34)17-23(26)11-14-38-30(40)22-5-4-6-22/h7-10,17-18,21-22,28,37H,4-6,11-16,19-20H2,1-3H3,(H,38,40)/t28-,33+/m0/s1. The molecule has 2 atom stereocenters. The number of benzene rings is 2. The Morgan fingerprint density at radius 2 is 1.76 bits per heavy atom. The maximum Gasteiger partial charge on any atom is 0.231 e. The van der Waals surface area contributed by atoms with Crippen LogP contribution in [0.5, 0.6) is 0 Å². The van der Waals surface area contributed by atoms with Gasteiger partial charge in [0.05, 0.1) is 5.41 Å². The summed E-state index contributed by atoms with van der Waals surface area (Å²) >= 11 is 6.36. The Morgan fingerprint density at radius 3 is 2.39 bits per heavy atom. The summed E-state index contributed by atoms with van der Waals surface area (Å²) in [7, 11) is 0. The number of halogens is 3. The average molecular weight is 586 g/mol. The van der Waals surface area contributed by atoms with Crippen LogP contribution in [-0.2, 0) is 16.0 Å². The van der Waals surface area contributed by atoms with Crippen LogP contribution in [0.4, 0.5) is 8.78 Å². The Hall–Kier alpha value is -2.51. The first-order valence-electron chi connectivity index (χ1n) is 15.0. The number of likely N-dealkylation sites (tertiary alicyclic amines) is 1. The molecule has 0 radical (unpaired) electrons. The second-order valence-electron chi connectivity index (χ2n) is 13.1. The van der Waals surface area contributed by atoms with E-state index in [2.05, 4.69) is 16.7 Å². The lowest BCUT2D eigenvalue weighted by atomic mass is 9.58. The monoisotopic (exact) mass is 585 g/mol. The second kappa shape index (κ2) is 12.0. The minimum Gasteiger partial charge on any atom is -0.356 e. The number of hydrogen-bond donors (Lipinski definition) is 2. The zero-order valence-corrected chi connectivity index (χ0v) is 25.1. The van der Waals surface area contributed by atoms with Crippen LogP contribution in [0, 0.1) is 28.4 Å². The van der Waals surface area contributed by atoms with Gasteiger partial charge in [0.15, 0.2) is 0 Å². The third-order valence-corrected chi connectivity index (χ3v) is 10.1. The average Bonchev–Trinajstić information content (AvgIpc) is 3.34. The van der Waals surface area contributed by atoms with Gasteiger partial charge in [-0.3, -0.25) is 9.59 Å². The maximum absolute atomic E-state index is 15.0. The Bertz CT molecular complexity index is 1280. The van der Waals surface area contributed by atoms with Crippen LogP contribution in [-0.4, -0.2) is 49.4 Å².